The molecule has 0 amide bonds. The van der Waals surface area contributed by atoms with Crippen molar-refractivity contribution in [3.63, 3.8) is 0 Å². The van der Waals surface area contributed by atoms with Crippen LogP contribution in [0.2, 0.25) is 10.0 Å². The highest BCUT2D eigenvalue weighted by Gasteiger charge is 2.16. The molecule has 0 N–H and O–H groups in total. The molecule has 1 aromatic heterocycles. The van der Waals surface area contributed by atoms with Crippen molar-refractivity contribution in [1.82, 2.24) is 9.55 Å². The maximum absolute atomic E-state index is 13.5. The van der Waals surface area contributed by atoms with E-state index in [2.05, 4.69) is 13.8 Å². The van der Waals surface area contributed by atoms with Gasteiger partial charge in [0.25, 0.3) is 5.56 Å². The molecule has 0 spiro atoms. The average molecular weight is 497 g/mol. The van der Waals surface area contributed by atoms with Crippen LogP contribution >= 0.6 is 35.0 Å². The van der Waals surface area contributed by atoms with Gasteiger partial charge in [0.05, 0.1) is 22.3 Å². The maximum Gasteiger partial charge on any atom is 0.266 e. The van der Waals surface area contributed by atoms with Gasteiger partial charge in [0.15, 0.2) is 10.9 Å². The van der Waals surface area contributed by atoms with E-state index in [-0.39, 0.29) is 17.1 Å². The van der Waals surface area contributed by atoms with E-state index in [1.54, 1.807) is 47.0 Å². The number of ketones is 1. The predicted molar refractivity (Wildman–Crippen MR) is 138 cm³/mol. The fourth-order valence-corrected chi connectivity index (χ4v) is 4.70. The van der Waals surface area contributed by atoms with E-state index < -0.39 is 0 Å². The van der Waals surface area contributed by atoms with Crippen molar-refractivity contribution < 1.29 is 4.79 Å². The van der Waals surface area contributed by atoms with Crippen molar-refractivity contribution in [2.45, 2.75) is 31.3 Å². The molecule has 0 aliphatic heterocycles. The molecule has 0 saturated carbocycles. The van der Waals surface area contributed by atoms with Gasteiger partial charge in [0.1, 0.15) is 0 Å². The largest absolute Gasteiger partial charge is 0.293 e. The van der Waals surface area contributed by atoms with Gasteiger partial charge in [-0.05, 0) is 72.5 Å². The van der Waals surface area contributed by atoms with Gasteiger partial charge in [-0.2, -0.15) is 0 Å². The maximum atomic E-state index is 13.5. The van der Waals surface area contributed by atoms with Gasteiger partial charge >= 0.3 is 0 Å². The lowest BCUT2D eigenvalue weighted by Crippen LogP contribution is -2.22. The minimum Gasteiger partial charge on any atom is -0.293 e. The topological polar surface area (TPSA) is 52.0 Å². The van der Waals surface area contributed by atoms with Crippen LogP contribution in [0.25, 0.3) is 16.6 Å². The fourth-order valence-electron chi connectivity index (χ4n) is 3.50. The van der Waals surface area contributed by atoms with Gasteiger partial charge in [-0.3, -0.25) is 14.2 Å². The Labute approximate surface area is 206 Å². The third kappa shape index (κ3) is 5.16. The van der Waals surface area contributed by atoms with Crippen LogP contribution in [0.4, 0.5) is 0 Å². The number of nitrogens with zero attached hydrogens (tertiary/aromatic N) is 2. The third-order valence-corrected chi connectivity index (χ3v) is 7.06. The summed E-state index contributed by atoms with van der Waals surface area (Å²) in [5.41, 5.74) is 2.78. The Morgan fingerprint density at radius 2 is 1.67 bits per heavy atom. The summed E-state index contributed by atoms with van der Waals surface area (Å²) in [6.07, 6.45) is 1.03. The highest BCUT2D eigenvalue weighted by atomic mass is 35.5. The molecule has 0 fully saturated rings. The molecule has 1 atom stereocenters. The van der Waals surface area contributed by atoms with Gasteiger partial charge in [-0.1, -0.05) is 60.9 Å². The van der Waals surface area contributed by atoms with Crippen LogP contribution in [-0.4, -0.2) is 21.1 Å². The minimum atomic E-state index is -0.200. The van der Waals surface area contributed by atoms with E-state index in [9.17, 15) is 9.59 Å². The Kier molecular flexibility index (Phi) is 7.23. The van der Waals surface area contributed by atoms with E-state index in [4.69, 9.17) is 28.2 Å². The first kappa shape index (κ1) is 23.6. The quantitative estimate of drug-likeness (QED) is 0.154. The molecule has 0 aliphatic carbocycles. The minimum absolute atomic E-state index is 0.0734. The third-order valence-electron chi connectivity index (χ3n) is 5.63. The molecule has 33 heavy (non-hydrogen) atoms. The molecule has 7 heteroatoms. The lowest BCUT2D eigenvalue weighted by atomic mass is 9.98. The fraction of sp³-hybridized carbons (Fsp3) is 0.192. The second kappa shape index (κ2) is 10.1. The summed E-state index contributed by atoms with van der Waals surface area (Å²) in [6, 6.07) is 19.7. The molecule has 0 aliphatic rings. The number of hydrogen-bond donors (Lipinski definition) is 0. The standard InChI is InChI=1S/C26H22Cl2N2O2S/c1-3-16(2)17-6-11-21(12-7-17)30-25(32)22-13-10-20(28)14-23(22)29-26(30)33-15-24(31)18-4-8-19(27)9-5-18/h4-14,16H,3,15H2,1-2H3. The van der Waals surface area contributed by atoms with Crippen molar-refractivity contribution >= 4 is 51.6 Å². The molecule has 3 aromatic carbocycles. The SMILES string of the molecule is CCC(C)c1ccc(-n2c(SCC(=O)c3ccc(Cl)cc3)nc3cc(Cl)ccc3c2=O)cc1. The summed E-state index contributed by atoms with van der Waals surface area (Å²) in [5, 5.41) is 1.98. The smallest absolute Gasteiger partial charge is 0.266 e. The molecule has 0 saturated heterocycles. The highest BCUT2D eigenvalue weighted by molar-refractivity contribution is 7.99. The number of halogens is 2. The summed E-state index contributed by atoms with van der Waals surface area (Å²) in [4.78, 5) is 30.9. The van der Waals surface area contributed by atoms with E-state index in [0.717, 1.165) is 6.42 Å². The molecule has 168 valence electrons. The summed E-state index contributed by atoms with van der Waals surface area (Å²) in [7, 11) is 0. The number of carbonyl (C=O) groups excluding carboxylic acids is 1. The Bertz CT molecular complexity index is 1370. The summed E-state index contributed by atoms with van der Waals surface area (Å²) in [6.45, 7) is 4.32. The predicted octanol–water partition coefficient (Wildman–Crippen LogP) is 7.18. The van der Waals surface area contributed by atoms with Crippen LogP contribution in [0.3, 0.4) is 0 Å². The van der Waals surface area contributed by atoms with Crippen LogP contribution < -0.4 is 5.56 Å². The Morgan fingerprint density at radius 3 is 2.33 bits per heavy atom. The van der Waals surface area contributed by atoms with Crippen LogP contribution in [0.1, 0.15) is 42.1 Å². The lowest BCUT2D eigenvalue weighted by molar-refractivity contribution is 0.102. The van der Waals surface area contributed by atoms with Crippen molar-refractivity contribution in [3.8, 4) is 5.69 Å². The Balaban J connectivity index is 1.75. The summed E-state index contributed by atoms with van der Waals surface area (Å²) in [5.74, 6) is 0.486. The highest BCUT2D eigenvalue weighted by Crippen LogP contribution is 2.26. The normalized spacial score (nSPS) is 12.1. The van der Waals surface area contributed by atoms with Crippen molar-refractivity contribution in [2.24, 2.45) is 0 Å². The first-order valence-electron chi connectivity index (χ1n) is 10.6. The number of hydrogen-bond acceptors (Lipinski definition) is 4. The van der Waals surface area contributed by atoms with E-state index in [0.29, 0.717) is 43.3 Å². The lowest BCUT2D eigenvalue weighted by Gasteiger charge is -2.15. The van der Waals surface area contributed by atoms with Crippen LogP contribution in [0.15, 0.2) is 76.7 Å². The monoisotopic (exact) mass is 496 g/mol. The number of thioether (sulfide) groups is 1. The summed E-state index contributed by atoms with van der Waals surface area (Å²) < 4.78 is 1.57. The number of aromatic nitrogens is 2. The zero-order chi connectivity index (χ0) is 23.5. The molecule has 1 unspecified atom stereocenters. The first-order chi connectivity index (χ1) is 15.9. The molecule has 1 heterocycles. The molecule has 0 radical (unpaired) electrons. The van der Waals surface area contributed by atoms with E-state index in [1.165, 1.54) is 17.3 Å². The summed E-state index contributed by atoms with van der Waals surface area (Å²) >= 11 is 13.3. The van der Waals surface area contributed by atoms with Crippen LogP contribution in [-0.2, 0) is 0 Å². The van der Waals surface area contributed by atoms with Gasteiger partial charge in [0, 0.05) is 15.6 Å². The van der Waals surface area contributed by atoms with E-state index in [1.807, 2.05) is 24.3 Å². The molecule has 0 bridgehead atoms. The number of benzene rings is 3. The molecule has 4 nitrogen and oxygen atoms in total. The van der Waals surface area contributed by atoms with Crippen molar-refractivity contribution in [1.29, 1.82) is 0 Å². The number of Topliss-reactive ketones (excluding diaryl/α,β-unsaturated/α-hetero) is 1. The zero-order valence-corrected chi connectivity index (χ0v) is 20.5. The van der Waals surface area contributed by atoms with Gasteiger partial charge in [0.2, 0.25) is 0 Å². The number of carbonyl (C=O) groups is 1. The second-order valence-corrected chi connectivity index (χ2v) is 9.63. The van der Waals surface area contributed by atoms with E-state index >= 15 is 0 Å². The Morgan fingerprint density at radius 1 is 1.00 bits per heavy atom. The molecule has 4 rings (SSSR count). The Hall–Kier alpha value is -2.60. The van der Waals surface area contributed by atoms with Gasteiger partial charge in [-0.25, -0.2) is 4.98 Å². The molecule has 4 aromatic rings. The van der Waals surface area contributed by atoms with Gasteiger partial charge in [-0.15, -0.1) is 0 Å². The molecular weight excluding hydrogens is 475 g/mol. The first-order valence-corrected chi connectivity index (χ1v) is 12.4. The van der Waals surface area contributed by atoms with Gasteiger partial charge < -0.3 is 0 Å². The zero-order valence-electron chi connectivity index (χ0n) is 18.2. The van der Waals surface area contributed by atoms with Crippen molar-refractivity contribution in [3.05, 3.63) is 98.3 Å². The number of fused-ring (bicyclic) bond motifs is 1. The van der Waals surface area contributed by atoms with Crippen LogP contribution in [0.5, 0.6) is 0 Å². The average Bonchev–Trinajstić information content (AvgIpc) is 2.82. The molecular formula is C26H22Cl2N2O2S. The second-order valence-electron chi connectivity index (χ2n) is 7.82. The number of rotatable bonds is 7. The van der Waals surface area contributed by atoms with Crippen LogP contribution in [0, 0.1) is 0 Å². The van der Waals surface area contributed by atoms with Crippen molar-refractivity contribution in [2.75, 3.05) is 5.75 Å².